The average molecular weight is 261 g/mol. The molecule has 2 aromatic heterocycles. The lowest BCUT2D eigenvalue weighted by Crippen LogP contribution is -2.02. The van der Waals surface area contributed by atoms with Gasteiger partial charge in [-0.25, -0.2) is 9.97 Å². The molecule has 0 saturated heterocycles. The Morgan fingerprint density at radius 3 is 2.74 bits per heavy atom. The fourth-order valence-corrected chi connectivity index (χ4v) is 2.13. The minimum absolute atomic E-state index is 0.106. The lowest BCUT2D eigenvalue weighted by molar-refractivity contribution is -0.136. The van der Waals surface area contributed by atoms with Crippen LogP contribution < -0.4 is 0 Å². The quantitative estimate of drug-likeness (QED) is 0.896. The normalized spacial score (nSPS) is 11.4. The van der Waals surface area contributed by atoms with Crippen molar-refractivity contribution in [2.75, 3.05) is 0 Å². The van der Waals surface area contributed by atoms with Gasteiger partial charge >= 0.3 is 5.97 Å². The molecule has 1 N–H and O–H groups in total. The monoisotopic (exact) mass is 261 g/mol. The summed E-state index contributed by atoms with van der Waals surface area (Å²) < 4.78 is 1.92. The van der Waals surface area contributed by atoms with E-state index < -0.39 is 5.97 Å². The number of hydrogen-bond donors (Lipinski definition) is 1. The van der Waals surface area contributed by atoms with Crippen LogP contribution in [0.25, 0.3) is 5.65 Å². The molecule has 0 unspecified atom stereocenters. The molecule has 0 fully saturated rings. The van der Waals surface area contributed by atoms with Crippen molar-refractivity contribution in [2.45, 2.75) is 40.0 Å². The summed E-state index contributed by atoms with van der Waals surface area (Å²) in [7, 11) is 0. The van der Waals surface area contributed by atoms with E-state index in [1.54, 1.807) is 0 Å². The third-order valence-corrected chi connectivity index (χ3v) is 2.95. The summed E-state index contributed by atoms with van der Waals surface area (Å²) in [4.78, 5) is 19.6. The lowest BCUT2D eigenvalue weighted by atomic mass is 10.1. The van der Waals surface area contributed by atoms with Gasteiger partial charge in [0.05, 0.1) is 12.1 Å². The Hall–Kier alpha value is -1.91. The molecule has 2 rings (SSSR count). The van der Waals surface area contributed by atoms with Crippen LogP contribution >= 0.6 is 0 Å². The van der Waals surface area contributed by atoms with E-state index in [9.17, 15) is 4.79 Å². The van der Waals surface area contributed by atoms with Gasteiger partial charge in [-0.1, -0.05) is 13.8 Å². The fraction of sp³-hybridized carbons (Fsp3) is 0.500. The third kappa shape index (κ3) is 3.30. The molecule has 0 amide bonds. The van der Waals surface area contributed by atoms with Gasteiger partial charge < -0.3 is 5.11 Å². The first-order valence-electron chi connectivity index (χ1n) is 6.52. The second kappa shape index (κ2) is 5.38. The van der Waals surface area contributed by atoms with Crippen LogP contribution in [0.4, 0.5) is 0 Å². The zero-order valence-electron chi connectivity index (χ0n) is 11.6. The summed E-state index contributed by atoms with van der Waals surface area (Å²) >= 11 is 0. The largest absolute Gasteiger partial charge is 0.481 e. The second-order valence-corrected chi connectivity index (χ2v) is 5.25. The van der Waals surface area contributed by atoms with Gasteiger partial charge in [0.2, 0.25) is 0 Å². The lowest BCUT2D eigenvalue weighted by Gasteiger charge is -2.06. The molecule has 19 heavy (non-hydrogen) atoms. The average Bonchev–Trinajstić information content (AvgIpc) is 2.69. The Balaban J connectivity index is 2.30. The van der Waals surface area contributed by atoms with Crippen molar-refractivity contribution >= 4 is 11.6 Å². The number of aryl methyl sites for hydroxylation is 2. The minimum atomic E-state index is -0.799. The Morgan fingerprint density at radius 1 is 1.37 bits per heavy atom. The van der Waals surface area contributed by atoms with Crippen LogP contribution in [0, 0.1) is 12.8 Å². The van der Waals surface area contributed by atoms with Crippen molar-refractivity contribution in [1.29, 1.82) is 0 Å². The molecule has 5 nitrogen and oxygen atoms in total. The Morgan fingerprint density at radius 2 is 2.11 bits per heavy atom. The van der Waals surface area contributed by atoms with E-state index >= 15 is 0 Å². The summed E-state index contributed by atoms with van der Waals surface area (Å²) in [5.74, 6) is 0.644. The number of rotatable bonds is 5. The molecule has 0 bridgehead atoms. The number of aromatic nitrogens is 3. The summed E-state index contributed by atoms with van der Waals surface area (Å²) in [5.41, 5.74) is 2.69. The van der Waals surface area contributed by atoms with Crippen LogP contribution in [0.15, 0.2) is 12.3 Å². The van der Waals surface area contributed by atoms with Gasteiger partial charge in [0.25, 0.3) is 0 Å². The van der Waals surface area contributed by atoms with Crippen molar-refractivity contribution in [3.8, 4) is 0 Å². The molecule has 0 aliphatic heterocycles. The van der Waals surface area contributed by atoms with Gasteiger partial charge in [-0.2, -0.15) is 0 Å². The van der Waals surface area contributed by atoms with Crippen LogP contribution in [0.3, 0.4) is 0 Å². The van der Waals surface area contributed by atoms with Crippen molar-refractivity contribution in [1.82, 2.24) is 14.4 Å². The van der Waals surface area contributed by atoms with Gasteiger partial charge in [-0.05, 0) is 19.3 Å². The van der Waals surface area contributed by atoms with Gasteiger partial charge in [0, 0.05) is 24.4 Å². The molecule has 0 radical (unpaired) electrons. The fourth-order valence-electron chi connectivity index (χ4n) is 2.13. The number of aliphatic carboxylic acids is 1. The van der Waals surface area contributed by atoms with Gasteiger partial charge in [0.1, 0.15) is 11.5 Å². The highest BCUT2D eigenvalue weighted by Crippen LogP contribution is 2.13. The van der Waals surface area contributed by atoms with Gasteiger partial charge in [-0.15, -0.1) is 0 Å². The first-order valence-corrected chi connectivity index (χ1v) is 6.52. The number of hydrogen-bond acceptors (Lipinski definition) is 3. The molecule has 0 spiro atoms. The smallest absolute Gasteiger partial charge is 0.303 e. The summed E-state index contributed by atoms with van der Waals surface area (Å²) in [6.45, 7) is 6.26. The van der Waals surface area contributed by atoms with Gasteiger partial charge in [-0.3, -0.25) is 9.20 Å². The SMILES string of the molecule is Cc1nc(CC(C)C)cc2nc(CCC(=O)O)cn12. The summed E-state index contributed by atoms with van der Waals surface area (Å²) in [6, 6.07) is 1.98. The number of carboxylic acids is 1. The molecule has 2 heterocycles. The number of fused-ring (bicyclic) bond motifs is 1. The number of nitrogens with zero attached hydrogens (tertiary/aromatic N) is 3. The van der Waals surface area contributed by atoms with Gasteiger partial charge in [0.15, 0.2) is 0 Å². The maximum absolute atomic E-state index is 10.6. The molecule has 0 atom stereocenters. The summed E-state index contributed by atoms with van der Waals surface area (Å²) in [5, 5.41) is 8.70. The highest BCUT2D eigenvalue weighted by atomic mass is 16.4. The van der Waals surface area contributed by atoms with Crippen LogP contribution in [0.2, 0.25) is 0 Å². The number of carboxylic acid groups (broad SMARTS) is 1. The van der Waals surface area contributed by atoms with Crippen molar-refractivity contribution in [3.63, 3.8) is 0 Å². The molecule has 2 aromatic rings. The Kier molecular flexibility index (Phi) is 3.83. The molecule has 0 aromatic carbocycles. The molecular weight excluding hydrogens is 242 g/mol. The zero-order chi connectivity index (χ0) is 14.0. The maximum Gasteiger partial charge on any atom is 0.303 e. The molecule has 102 valence electrons. The van der Waals surface area contributed by atoms with E-state index in [2.05, 4.69) is 23.8 Å². The molecular formula is C14H19N3O2. The van der Waals surface area contributed by atoms with Crippen LogP contribution in [-0.2, 0) is 17.6 Å². The Bertz CT molecular complexity index is 602. The van der Waals surface area contributed by atoms with Crippen molar-refractivity contribution < 1.29 is 9.90 Å². The first kappa shape index (κ1) is 13.5. The third-order valence-electron chi connectivity index (χ3n) is 2.95. The molecule has 0 aliphatic carbocycles. The van der Waals surface area contributed by atoms with Crippen LogP contribution in [-0.4, -0.2) is 25.4 Å². The van der Waals surface area contributed by atoms with E-state index in [4.69, 9.17) is 5.11 Å². The van der Waals surface area contributed by atoms with Crippen LogP contribution in [0.1, 0.15) is 37.5 Å². The molecule has 5 heteroatoms. The predicted molar refractivity (Wildman–Crippen MR) is 72.2 cm³/mol. The van der Waals surface area contributed by atoms with Crippen LogP contribution in [0.5, 0.6) is 0 Å². The highest BCUT2D eigenvalue weighted by Gasteiger charge is 2.09. The van der Waals surface area contributed by atoms with E-state index in [1.807, 2.05) is 23.6 Å². The van der Waals surface area contributed by atoms with Crippen molar-refractivity contribution in [3.05, 3.63) is 29.5 Å². The Labute approximate surface area is 112 Å². The molecule has 0 aliphatic rings. The zero-order valence-corrected chi connectivity index (χ0v) is 11.6. The van der Waals surface area contributed by atoms with E-state index in [-0.39, 0.29) is 6.42 Å². The highest BCUT2D eigenvalue weighted by molar-refractivity contribution is 5.67. The number of imidazole rings is 1. The first-order chi connectivity index (χ1) is 8.95. The van der Waals surface area contributed by atoms with E-state index in [0.29, 0.717) is 12.3 Å². The van der Waals surface area contributed by atoms with Crippen molar-refractivity contribution in [2.24, 2.45) is 5.92 Å². The second-order valence-electron chi connectivity index (χ2n) is 5.25. The summed E-state index contributed by atoms with van der Waals surface area (Å²) in [6.07, 6.45) is 3.36. The molecule has 0 saturated carbocycles. The topological polar surface area (TPSA) is 67.5 Å². The standard InChI is InChI=1S/C14H19N3O2/c1-9(2)6-12-7-13-16-11(4-5-14(18)19)8-17(13)10(3)15-12/h7-9H,4-6H2,1-3H3,(H,18,19). The predicted octanol–water partition coefficient (Wildman–Crippen LogP) is 2.25. The van der Waals surface area contributed by atoms with E-state index in [1.165, 1.54) is 0 Å². The van der Waals surface area contributed by atoms with E-state index in [0.717, 1.165) is 29.3 Å². The maximum atomic E-state index is 10.6. The number of carbonyl (C=O) groups is 1. The minimum Gasteiger partial charge on any atom is -0.481 e.